The smallest absolute Gasteiger partial charge is 0.414 e. The molecule has 3 N–H and O–H groups in total. The number of hydrogen-bond donors (Lipinski definition) is 3. The molecule has 1 atom stereocenters. The zero-order chi connectivity index (χ0) is 14.3. The molecule has 0 aliphatic carbocycles. The molecular weight excluding hydrogens is 250 g/mol. The quantitative estimate of drug-likeness (QED) is 0.690. The molecule has 1 aliphatic heterocycles. The Kier molecular flexibility index (Phi) is 5.81. The number of hydrogen-bond acceptors (Lipinski definition) is 4. The van der Waals surface area contributed by atoms with Crippen LogP contribution >= 0.6 is 0 Å². The van der Waals surface area contributed by atoms with Gasteiger partial charge in [0.2, 0.25) is 0 Å². The van der Waals surface area contributed by atoms with Gasteiger partial charge in [-0.15, -0.1) is 0 Å². The lowest BCUT2D eigenvalue weighted by atomic mass is 9.98. The van der Waals surface area contributed by atoms with E-state index in [1.165, 1.54) is 12.0 Å². The number of carboxylic acids is 2. The lowest BCUT2D eigenvalue weighted by Gasteiger charge is -2.09. The molecule has 2 rings (SSSR count). The molecule has 1 unspecified atom stereocenters. The van der Waals surface area contributed by atoms with Crippen LogP contribution in [0.2, 0.25) is 0 Å². The highest BCUT2D eigenvalue weighted by Gasteiger charge is 2.16. The molecule has 104 valence electrons. The van der Waals surface area contributed by atoms with E-state index in [4.69, 9.17) is 24.5 Å². The Bertz CT molecular complexity index is 428. The van der Waals surface area contributed by atoms with E-state index in [9.17, 15) is 0 Å². The van der Waals surface area contributed by atoms with Crippen LogP contribution in [0.25, 0.3) is 0 Å². The number of ether oxygens (including phenoxy) is 1. The van der Waals surface area contributed by atoms with Gasteiger partial charge in [-0.2, -0.15) is 0 Å². The van der Waals surface area contributed by atoms with Gasteiger partial charge in [0.15, 0.2) is 0 Å². The van der Waals surface area contributed by atoms with E-state index in [1.807, 2.05) is 6.07 Å². The van der Waals surface area contributed by atoms with Gasteiger partial charge in [0, 0.05) is 6.54 Å². The van der Waals surface area contributed by atoms with Crippen LogP contribution in [0, 0.1) is 0 Å². The van der Waals surface area contributed by atoms with Crippen LogP contribution in [0.5, 0.6) is 5.75 Å². The normalized spacial score (nSPS) is 17.2. The van der Waals surface area contributed by atoms with E-state index in [-0.39, 0.29) is 0 Å². The molecule has 6 heteroatoms. The third kappa shape index (κ3) is 4.97. The summed E-state index contributed by atoms with van der Waals surface area (Å²) < 4.78 is 5.19. The minimum Gasteiger partial charge on any atom is -0.497 e. The number of methoxy groups -OCH3 is 1. The zero-order valence-corrected chi connectivity index (χ0v) is 10.6. The Morgan fingerprint density at radius 1 is 1.32 bits per heavy atom. The summed E-state index contributed by atoms with van der Waals surface area (Å²) >= 11 is 0. The van der Waals surface area contributed by atoms with Crippen LogP contribution in [0.1, 0.15) is 17.9 Å². The Balaban J connectivity index is 0.000000258. The summed E-state index contributed by atoms with van der Waals surface area (Å²) in [4.78, 5) is 18.2. The molecule has 19 heavy (non-hydrogen) atoms. The van der Waals surface area contributed by atoms with Gasteiger partial charge in [0.05, 0.1) is 7.11 Å². The number of benzene rings is 1. The highest BCUT2D eigenvalue weighted by molar-refractivity contribution is 6.27. The third-order valence-corrected chi connectivity index (χ3v) is 2.81. The predicted molar refractivity (Wildman–Crippen MR) is 68.5 cm³/mol. The summed E-state index contributed by atoms with van der Waals surface area (Å²) in [5.41, 5.74) is 1.39. The van der Waals surface area contributed by atoms with Gasteiger partial charge in [-0.25, -0.2) is 9.59 Å². The van der Waals surface area contributed by atoms with E-state index in [2.05, 4.69) is 23.5 Å². The molecule has 1 aromatic rings. The van der Waals surface area contributed by atoms with Gasteiger partial charge >= 0.3 is 11.9 Å². The summed E-state index contributed by atoms with van der Waals surface area (Å²) in [5.74, 6) is -2.01. The van der Waals surface area contributed by atoms with Crippen molar-refractivity contribution < 1.29 is 24.5 Å². The molecule has 0 saturated carbocycles. The van der Waals surface area contributed by atoms with Crippen molar-refractivity contribution in [1.29, 1.82) is 0 Å². The fourth-order valence-corrected chi connectivity index (χ4v) is 1.83. The summed E-state index contributed by atoms with van der Waals surface area (Å²) in [6, 6.07) is 8.37. The van der Waals surface area contributed by atoms with Gasteiger partial charge in [-0.05, 0) is 36.6 Å². The lowest BCUT2D eigenvalue weighted by molar-refractivity contribution is -0.159. The van der Waals surface area contributed by atoms with Crippen LogP contribution in [0.3, 0.4) is 0 Å². The molecule has 0 spiro atoms. The van der Waals surface area contributed by atoms with Crippen LogP contribution in [0.4, 0.5) is 0 Å². The minimum absolute atomic E-state index is 0.676. The summed E-state index contributed by atoms with van der Waals surface area (Å²) in [7, 11) is 1.71. The molecule has 0 bridgehead atoms. The molecule has 6 nitrogen and oxygen atoms in total. The van der Waals surface area contributed by atoms with Crippen LogP contribution in [0.15, 0.2) is 24.3 Å². The van der Waals surface area contributed by atoms with Gasteiger partial charge in [0.25, 0.3) is 0 Å². The first-order valence-corrected chi connectivity index (χ1v) is 5.85. The van der Waals surface area contributed by atoms with E-state index in [0.29, 0.717) is 5.92 Å². The molecule has 1 heterocycles. The van der Waals surface area contributed by atoms with Crippen molar-refractivity contribution in [1.82, 2.24) is 5.32 Å². The van der Waals surface area contributed by atoms with E-state index >= 15 is 0 Å². The average Bonchev–Trinajstić information content (AvgIpc) is 2.93. The first-order chi connectivity index (χ1) is 9.04. The number of rotatable bonds is 2. The van der Waals surface area contributed by atoms with Crippen molar-refractivity contribution in [2.24, 2.45) is 0 Å². The van der Waals surface area contributed by atoms with Crippen molar-refractivity contribution in [2.75, 3.05) is 20.2 Å². The largest absolute Gasteiger partial charge is 0.497 e. The number of nitrogens with one attached hydrogen (secondary N) is 1. The number of carbonyl (C=O) groups is 2. The van der Waals surface area contributed by atoms with Crippen LogP contribution in [-0.4, -0.2) is 42.4 Å². The lowest BCUT2D eigenvalue weighted by Crippen LogP contribution is -2.09. The highest BCUT2D eigenvalue weighted by Crippen LogP contribution is 2.25. The van der Waals surface area contributed by atoms with Crippen molar-refractivity contribution in [2.45, 2.75) is 12.3 Å². The number of carboxylic acid groups (broad SMARTS) is 2. The first-order valence-electron chi connectivity index (χ1n) is 5.85. The summed E-state index contributed by atoms with van der Waals surface area (Å²) in [6.07, 6.45) is 1.24. The Morgan fingerprint density at radius 3 is 2.47 bits per heavy atom. The molecule has 0 radical (unpaired) electrons. The second kappa shape index (κ2) is 7.38. The minimum atomic E-state index is -1.82. The topological polar surface area (TPSA) is 95.9 Å². The van der Waals surface area contributed by atoms with E-state index < -0.39 is 11.9 Å². The van der Waals surface area contributed by atoms with Crippen molar-refractivity contribution >= 4 is 11.9 Å². The van der Waals surface area contributed by atoms with Gasteiger partial charge < -0.3 is 20.3 Å². The van der Waals surface area contributed by atoms with Crippen LogP contribution in [-0.2, 0) is 9.59 Å². The van der Waals surface area contributed by atoms with Gasteiger partial charge in [-0.3, -0.25) is 0 Å². The molecule has 1 aliphatic rings. The highest BCUT2D eigenvalue weighted by atomic mass is 16.5. The van der Waals surface area contributed by atoms with Crippen molar-refractivity contribution in [3.8, 4) is 5.75 Å². The molecular formula is C13H17NO5. The van der Waals surface area contributed by atoms with Gasteiger partial charge in [0.1, 0.15) is 5.75 Å². The molecule has 1 aromatic carbocycles. The maximum Gasteiger partial charge on any atom is 0.414 e. The first kappa shape index (κ1) is 15.0. The second-order valence-corrected chi connectivity index (χ2v) is 4.08. The predicted octanol–water partition coefficient (Wildman–Crippen LogP) is 0.928. The second-order valence-electron chi connectivity index (χ2n) is 4.08. The fraction of sp³-hybridized carbons (Fsp3) is 0.385. The molecule has 1 fully saturated rings. The standard InChI is InChI=1S/C11H15NO.C2H2O4/c1-13-11-4-2-3-9(7-11)10-5-6-12-8-10;3-1(4)2(5)6/h2-4,7,10,12H,5-6,8H2,1H3;(H,3,4)(H,5,6). The summed E-state index contributed by atoms with van der Waals surface area (Å²) in [6.45, 7) is 2.25. The SMILES string of the molecule is COc1cccc(C2CCNC2)c1.O=C(O)C(=O)O. The zero-order valence-electron chi connectivity index (χ0n) is 10.6. The molecule has 0 amide bonds. The Morgan fingerprint density at radius 2 is 2.00 bits per heavy atom. The van der Waals surface area contributed by atoms with E-state index in [0.717, 1.165) is 18.8 Å². The van der Waals surface area contributed by atoms with Crippen molar-refractivity contribution in [3.63, 3.8) is 0 Å². The number of aliphatic carboxylic acids is 2. The monoisotopic (exact) mass is 267 g/mol. The Labute approximate surface area is 111 Å². The maximum atomic E-state index is 9.10. The third-order valence-electron chi connectivity index (χ3n) is 2.81. The average molecular weight is 267 g/mol. The maximum absolute atomic E-state index is 9.10. The van der Waals surface area contributed by atoms with Crippen molar-refractivity contribution in [3.05, 3.63) is 29.8 Å². The van der Waals surface area contributed by atoms with Gasteiger partial charge in [-0.1, -0.05) is 12.1 Å². The fourth-order valence-electron chi connectivity index (χ4n) is 1.83. The Hall–Kier alpha value is -2.08. The molecule has 0 aromatic heterocycles. The van der Waals surface area contributed by atoms with Crippen LogP contribution < -0.4 is 10.1 Å². The van der Waals surface area contributed by atoms with E-state index in [1.54, 1.807) is 7.11 Å². The molecule has 1 saturated heterocycles. The summed E-state index contributed by atoms with van der Waals surface area (Å²) in [5, 5.41) is 18.1.